The van der Waals surface area contributed by atoms with Crippen LogP contribution in [0, 0.1) is 18.8 Å². The van der Waals surface area contributed by atoms with Crippen molar-refractivity contribution in [2.24, 2.45) is 7.05 Å². The molecule has 2 aliphatic rings. The Bertz CT molecular complexity index is 957. The van der Waals surface area contributed by atoms with Crippen LogP contribution < -0.4 is 10.2 Å². The fraction of sp³-hybridized carbons (Fsp3) is 0.480. The topological polar surface area (TPSA) is 40.5 Å². The van der Waals surface area contributed by atoms with Gasteiger partial charge in [0.25, 0.3) is 5.91 Å². The maximum absolute atomic E-state index is 12.8. The Morgan fingerprint density at radius 1 is 1.07 bits per heavy atom. The summed E-state index contributed by atoms with van der Waals surface area (Å²) in [5.74, 6) is 6.68. The molecule has 5 heteroatoms. The van der Waals surface area contributed by atoms with E-state index in [0.717, 1.165) is 42.0 Å². The Labute approximate surface area is 180 Å². The Balaban J connectivity index is 1.47. The third kappa shape index (κ3) is 4.39. The highest BCUT2D eigenvalue weighted by molar-refractivity contribution is 6.12. The molecule has 1 saturated heterocycles. The maximum Gasteiger partial charge on any atom is 0.274 e. The number of carbonyl (C=O) groups excluding carboxylic acids is 1. The average Bonchev–Trinajstić information content (AvgIpc) is 2.90. The number of nitrogens with zero attached hydrogens (tertiary/aromatic N) is 3. The summed E-state index contributed by atoms with van der Waals surface area (Å²) in [6.45, 7) is 6.28. The lowest BCUT2D eigenvalue weighted by Gasteiger charge is -2.23. The van der Waals surface area contributed by atoms with E-state index in [1.165, 1.54) is 38.8 Å². The van der Waals surface area contributed by atoms with Crippen LogP contribution in [0.25, 0.3) is 0 Å². The standard InChI is InChI=1S/C25H32N4O/c1-20-19-27(2)24-23(20)29(22-14-8-7-13-21(22)26-25(24)30)18-12-6-5-11-17-28-15-9-3-4-10-16-28/h7-8,13-14,19H,3-5,9-11,15-18H2,1-2H3,(H,26,30). The van der Waals surface area contributed by atoms with Gasteiger partial charge in [0.15, 0.2) is 0 Å². The number of hydrogen-bond donors (Lipinski definition) is 1. The summed E-state index contributed by atoms with van der Waals surface area (Å²) in [6, 6.07) is 7.97. The van der Waals surface area contributed by atoms with Gasteiger partial charge in [0.2, 0.25) is 0 Å². The van der Waals surface area contributed by atoms with E-state index in [9.17, 15) is 4.79 Å². The molecular weight excluding hydrogens is 372 g/mol. The number of likely N-dealkylation sites (tertiary alicyclic amines) is 1. The van der Waals surface area contributed by atoms with Gasteiger partial charge in [-0.2, -0.15) is 0 Å². The van der Waals surface area contributed by atoms with Crippen LogP contribution in [0.4, 0.5) is 17.1 Å². The number of unbranched alkanes of at least 4 members (excludes halogenated alkanes) is 1. The van der Waals surface area contributed by atoms with Crippen molar-refractivity contribution < 1.29 is 4.79 Å². The van der Waals surface area contributed by atoms with Gasteiger partial charge in [-0.25, -0.2) is 0 Å². The highest BCUT2D eigenvalue weighted by Gasteiger charge is 2.29. The molecule has 2 aromatic rings. The van der Waals surface area contributed by atoms with E-state index in [1.807, 2.05) is 36.0 Å². The smallest absolute Gasteiger partial charge is 0.274 e. The number of anilines is 3. The molecule has 1 amide bonds. The van der Waals surface area contributed by atoms with Crippen LogP contribution in [-0.2, 0) is 7.05 Å². The van der Waals surface area contributed by atoms with Gasteiger partial charge in [-0.1, -0.05) is 30.9 Å². The van der Waals surface area contributed by atoms with Gasteiger partial charge < -0.3 is 19.7 Å². The van der Waals surface area contributed by atoms with Crippen LogP contribution >= 0.6 is 0 Å². The minimum Gasteiger partial charge on any atom is -0.345 e. The lowest BCUT2D eigenvalue weighted by atomic mass is 10.2. The first kappa shape index (κ1) is 20.6. The Hall–Kier alpha value is -2.71. The molecule has 0 aliphatic carbocycles. The first-order chi connectivity index (χ1) is 14.6. The van der Waals surface area contributed by atoms with Gasteiger partial charge in [-0.05, 0) is 63.5 Å². The van der Waals surface area contributed by atoms with Crippen molar-refractivity contribution in [3.05, 3.63) is 41.7 Å². The summed E-state index contributed by atoms with van der Waals surface area (Å²) < 4.78 is 1.91. The summed E-state index contributed by atoms with van der Waals surface area (Å²) in [5, 5.41) is 3.06. The molecule has 0 saturated carbocycles. The number of hydrogen-bond acceptors (Lipinski definition) is 3. The van der Waals surface area contributed by atoms with Crippen molar-refractivity contribution in [2.75, 3.05) is 36.4 Å². The minimum absolute atomic E-state index is 0.0686. The Morgan fingerprint density at radius 3 is 2.63 bits per heavy atom. The predicted molar refractivity (Wildman–Crippen MR) is 123 cm³/mol. The second-order valence-corrected chi connectivity index (χ2v) is 8.39. The SMILES string of the molecule is Cc1cn(C)c2c1N(CC#CCCCN1CCCCCC1)c1ccccc1NC2=O. The summed E-state index contributed by atoms with van der Waals surface area (Å²) >= 11 is 0. The zero-order valence-electron chi connectivity index (χ0n) is 18.2. The van der Waals surface area contributed by atoms with Gasteiger partial charge in [-0.15, -0.1) is 5.92 Å². The highest BCUT2D eigenvalue weighted by Crippen LogP contribution is 2.39. The summed E-state index contributed by atoms with van der Waals surface area (Å²) in [5.41, 5.74) is 4.56. The zero-order chi connectivity index (χ0) is 20.9. The quantitative estimate of drug-likeness (QED) is 0.593. The molecule has 5 nitrogen and oxygen atoms in total. The van der Waals surface area contributed by atoms with Gasteiger partial charge in [0, 0.05) is 19.7 Å². The van der Waals surface area contributed by atoms with Crippen LogP contribution in [0.15, 0.2) is 30.5 Å². The van der Waals surface area contributed by atoms with E-state index < -0.39 is 0 Å². The first-order valence-electron chi connectivity index (χ1n) is 11.2. The van der Waals surface area contributed by atoms with Crippen LogP contribution in [0.3, 0.4) is 0 Å². The van der Waals surface area contributed by atoms with E-state index in [4.69, 9.17) is 0 Å². The molecule has 30 heavy (non-hydrogen) atoms. The number of para-hydroxylation sites is 2. The summed E-state index contributed by atoms with van der Waals surface area (Å²) in [7, 11) is 1.92. The maximum atomic E-state index is 12.8. The lowest BCUT2D eigenvalue weighted by Crippen LogP contribution is -2.25. The molecule has 0 spiro atoms. The van der Waals surface area contributed by atoms with Gasteiger partial charge in [-0.3, -0.25) is 4.79 Å². The second kappa shape index (κ2) is 9.40. The number of rotatable bonds is 4. The molecule has 4 rings (SSSR count). The minimum atomic E-state index is -0.0686. The van der Waals surface area contributed by atoms with Crippen molar-refractivity contribution in [2.45, 2.75) is 45.4 Å². The van der Waals surface area contributed by atoms with Crippen LogP contribution in [0.2, 0.25) is 0 Å². The molecule has 0 bridgehead atoms. The number of aryl methyl sites for hydroxylation is 2. The van der Waals surface area contributed by atoms with E-state index in [-0.39, 0.29) is 5.91 Å². The van der Waals surface area contributed by atoms with Crippen molar-refractivity contribution >= 4 is 23.0 Å². The van der Waals surface area contributed by atoms with Crippen LogP contribution in [0.5, 0.6) is 0 Å². The van der Waals surface area contributed by atoms with Crippen molar-refractivity contribution in [3.8, 4) is 11.8 Å². The number of carbonyl (C=O) groups is 1. The monoisotopic (exact) mass is 404 g/mol. The lowest BCUT2D eigenvalue weighted by molar-refractivity contribution is 0.102. The third-order valence-electron chi connectivity index (χ3n) is 6.10. The number of aromatic nitrogens is 1. The molecule has 0 atom stereocenters. The number of nitrogens with one attached hydrogen (secondary N) is 1. The van der Waals surface area contributed by atoms with Crippen LogP contribution in [-0.4, -0.2) is 41.6 Å². The molecule has 1 fully saturated rings. The van der Waals surface area contributed by atoms with Gasteiger partial charge >= 0.3 is 0 Å². The number of benzene rings is 1. The summed E-state index contributed by atoms with van der Waals surface area (Å²) in [4.78, 5) is 17.6. The zero-order valence-corrected chi connectivity index (χ0v) is 18.2. The van der Waals surface area contributed by atoms with E-state index in [2.05, 4.69) is 39.9 Å². The van der Waals surface area contributed by atoms with Gasteiger partial charge in [0.05, 0.1) is 23.6 Å². The fourth-order valence-corrected chi connectivity index (χ4v) is 4.63. The third-order valence-corrected chi connectivity index (χ3v) is 6.10. The molecule has 3 heterocycles. The summed E-state index contributed by atoms with van der Waals surface area (Å²) in [6.07, 6.45) is 9.50. The van der Waals surface area contributed by atoms with Crippen molar-refractivity contribution in [1.82, 2.24) is 9.47 Å². The largest absolute Gasteiger partial charge is 0.345 e. The molecule has 158 valence electrons. The molecule has 1 aromatic heterocycles. The number of amides is 1. The molecule has 1 aromatic carbocycles. The molecule has 2 aliphatic heterocycles. The van der Waals surface area contributed by atoms with Crippen molar-refractivity contribution in [1.29, 1.82) is 0 Å². The average molecular weight is 405 g/mol. The predicted octanol–water partition coefficient (Wildman–Crippen LogP) is 4.70. The normalized spacial score (nSPS) is 16.6. The Kier molecular flexibility index (Phi) is 6.44. The van der Waals surface area contributed by atoms with E-state index in [0.29, 0.717) is 12.2 Å². The molecule has 0 unspecified atom stereocenters. The van der Waals surface area contributed by atoms with Gasteiger partial charge in [0.1, 0.15) is 5.69 Å². The van der Waals surface area contributed by atoms with Crippen LogP contribution in [0.1, 0.15) is 54.6 Å². The first-order valence-corrected chi connectivity index (χ1v) is 11.2. The fourth-order valence-electron chi connectivity index (χ4n) is 4.63. The second-order valence-electron chi connectivity index (χ2n) is 8.39. The molecule has 1 N–H and O–H groups in total. The van der Waals surface area contributed by atoms with E-state index >= 15 is 0 Å². The van der Waals surface area contributed by atoms with Crippen molar-refractivity contribution in [3.63, 3.8) is 0 Å². The number of fused-ring (bicyclic) bond motifs is 2. The Morgan fingerprint density at radius 2 is 1.83 bits per heavy atom. The highest BCUT2D eigenvalue weighted by atomic mass is 16.2. The van der Waals surface area contributed by atoms with E-state index in [1.54, 1.807) is 0 Å². The molecule has 0 radical (unpaired) electrons. The molecular formula is C25H32N4O.